The van der Waals surface area contributed by atoms with Gasteiger partial charge >= 0.3 is 0 Å². The third kappa shape index (κ3) is 3.84. The van der Waals surface area contributed by atoms with Gasteiger partial charge in [-0.15, -0.1) is 0 Å². The zero-order valence-electron chi connectivity index (χ0n) is 21.1. The summed E-state index contributed by atoms with van der Waals surface area (Å²) in [6.45, 7) is 0.0150. The molecule has 13 nitrogen and oxygen atoms in total. The van der Waals surface area contributed by atoms with Crippen LogP contribution in [-0.4, -0.2) is 85.7 Å². The Morgan fingerprint density at radius 1 is 1.26 bits per heavy atom. The van der Waals surface area contributed by atoms with Crippen molar-refractivity contribution in [2.24, 2.45) is 23.5 Å². The number of primary amides is 1. The molecule has 6 atom stereocenters. The van der Waals surface area contributed by atoms with Gasteiger partial charge < -0.3 is 40.9 Å². The number of nitrogens with two attached hydrogens (primary N) is 1. The number of aromatic hydroxyl groups is 1. The molecule has 1 heterocycles. The number of ketones is 2. The molecule has 3 aliphatic rings. The van der Waals surface area contributed by atoms with E-state index in [0.717, 1.165) is 0 Å². The van der Waals surface area contributed by atoms with Gasteiger partial charge in [0.15, 0.2) is 11.4 Å². The smallest absolute Gasteiger partial charge is 0.256 e. The molecule has 2 fully saturated rings. The second kappa shape index (κ2) is 9.29. The predicted octanol–water partition coefficient (Wildman–Crippen LogP) is -0.953. The van der Waals surface area contributed by atoms with Crippen molar-refractivity contribution in [3.05, 3.63) is 52.4 Å². The van der Waals surface area contributed by atoms with E-state index in [0.29, 0.717) is 11.1 Å². The quantitative estimate of drug-likeness (QED) is 0.254. The number of nitrogens with one attached hydrogen (secondary N) is 1. The molecule has 5 rings (SSSR count). The summed E-state index contributed by atoms with van der Waals surface area (Å²) < 4.78 is 4.68. The molecule has 1 aromatic heterocycles. The number of carbonyl (C=O) groups excluding carboxylic acids is 4. The lowest BCUT2D eigenvalue weighted by Gasteiger charge is -2.53. The van der Waals surface area contributed by atoms with Gasteiger partial charge in [0.2, 0.25) is 11.7 Å². The topological polar surface area (TPSA) is 217 Å². The molecule has 2 saturated carbocycles. The Balaban J connectivity index is 1.58. The number of amides is 2. The van der Waals surface area contributed by atoms with Crippen LogP contribution in [0.25, 0.3) is 5.76 Å². The van der Waals surface area contributed by atoms with Gasteiger partial charge in [0.05, 0.1) is 23.4 Å². The number of aliphatic hydroxyl groups excluding tert-OH is 2. The SMILES string of the molecule is CN(C)[C@@H]1C(O)C(C(N)=O)C(=O)[C@@]2(O)C(=O)C3=C(O)c4c(O)ccc(CNC(=O)c5cnoc5)c4C[C@H]3C[C@@H]12. The van der Waals surface area contributed by atoms with E-state index in [-0.39, 0.29) is 41.8 Å². The van der Waals surface area contributed by atoms with Crippen molar-refractivity contribution in [2.75, 3.05) is 14.1 Å². The lowest BCUT2D eigenvalue weighted by molar-refractivity contribution is -0.184. The highest BCUT2D eigenvalue weighted by molar-refractivity contribution is 6.25. The number of benzene rings is 1. The third-order valence-electron chi connectivity index (χ3n) is 8.20. The number of rotatable bonds is 5. The highest BCUT2D eigenvalue weighted by Gasteiger charge is 2.67. The Morgan fingerprint density at radius 3 is 2.59 bits per heavy atom. The van der Waals surface area contributed by atoms with Gasteiger partial charge in [0.25, 0.3) is 5.91 Å². The molecule has 7 N–H and O–H groups in total. The van der Waals surface area contributed by atoms with Gasteiger partial charge in [-0.05, 0) is 50.0 Å². The number of fused-ring (bicyclic) bond motifs is 3. The summed E-state index contributed by atoms with van der Waals surface area (Å²) in [5.74, 6) is -8.51. The molecule has 206 valence electrons. The van der Waals surface area contributed by atoms with Crippen LogP contribution in [0.15, 0.2) is 34.7 Å². The average molecular weight is 541 g/mol. The van der Waals surface area contributed by atoms with Gasteiger partial charge in [-0.3, -0.25) is 19.2 Å². The summed E-state index contributed by atoms with van der Waals surface area (Å²) in [7, 11) is 3.17. The molecule has 0 aliphatic heterocycles. The van der Waals surface area contributed by atoms with E-state index in [4.69, 9.17) is 5.73 Å². The van der Waals surface area contributed by atoms with Crippen LogP contribution in [0.2, 0.25) is 0 Å². The molecular weight excluding hydrogens is 512 g/mol. The van der Waals surface area contributed by atoms with Crippen LogP contribution >= 0.6 is 0 Å². The molecule has 13 heteroatoms. The Hall–Kier alpha value is -4.07. The summed E-state index contributed by atoms with van der Waals surface area (Å²) in [5, 5.41) is 50.7. The molecule has 2 aromatic rings. The van der Waals surface area contributed by atoms with Crippen LogP contribution in [0, 0.1) is 17.8 Å². The predicted molar refractivity (Wildman–Crippen MR) is 132 cm³/mol. The first-order chi connectivity index (χ1) is 18.4. The number of phenols is 1. The van der Waals surface area contributed by atoms with Gasteiger partial charge in [-0.2, -0.15) is 0 Å². The zero-order valence-corrected chi connectivity index (χ0v) is 21.1. The van der Waals surface area contributed by atoms with E-state index in [1.165, 1.54) is 23.4 Å². The van der Waals surface area contributed by atoms with Crippen molar-refractivity contribution in [3.8, 4) is 5.75 Å². The Morgan fingerprint density at radius 2 is 1.97 bits per heavy atom. The first kappa shape index (κ1) is 26.5. The minimum atomic E-state index is -2.72. The number of aliphatic hydroxyl groups is 3. The second-order valence-corrected chi connectivity index (χ2v) is 10.5. The number of aromatic nitrogens is 1. The minimum Gasteiger partial charge on any atom is -0.507 e. The molecule has 0 bridgehead atoms. The van der Waals surface area contributed by atoms with Crippen LogP contribution < -0.4 is 11.1 Å². The molecule has 0 radical (unpaired) electrons. The lowest BCUT2D eigenvalue weighted by Crippen LogP contribution is -2.73. The van der Waals surface area contributed by atoms with Crippen molar-refractivity contribution in [1.29, 1.82) is 0 Å². The highest BCUT2D eigenvalue weighted by Crippen LogP contribution is 2.52. The Labute approximate surface area is 221 Å². The number of nitrogens with zero attached hydrogens (tertiary/aromatic N) is 2. The standard InChI is InChI=1S/C26H28N4O9/c1-30(2)19-14-6-11-5-13-10(7-28-25(37)12-8-29-39-9-12)3-4-15(31)17(13)20(32)16(11)22(34)26(14,38)23(35)18(21(19)33)24(27)36/h3-4,8-9,11,14,18-19,21,31-33,38H,5-7H2,1-2H3,(H2,27,36)(H,28,37)/t11-,14-,18?,19-,21?,26-/m0/s1. The molecule has 2 unspecified atom stereocenters. The molecule has 39 heavy (non-hydrogen) atoms. The first-order valence-electron chi connectivity index (χ1n) is 12.3. The fourth-order valence-electron chi connectivity index (χ4n) is 6.43. The Bertz CT molecular complexity index is 1420. The van der Waals surface area contributed by atoms with Crippen molar-refractivity contribution >= 4 is 29.1 Å². The van der Waals surface area contributed by atoms with E-state index < -0.39 is 64.6 Å². The van der Waals surface area contributed by atoms with Crippen molar-refractivity contribution in [3.63, 3.8) is 0 Å². The maximum absolute atomic E-state index is 13.8. The van der Waals surface area contributed by atoms with Crippen molar-refractivity contribution in [1.82, 2.24) is 15.4 Å². The molecular formula is C26H28N4O9. The second-order valence-electron chi connectivity index (χ2n) is 10.5. The normalized spacial score (nSPS) is 30.0. The monoisotopic (exact) mass is 540 g/mol. The molecule has 2 amide bonds. The van der Waals surface area contributed by atoms with Crippen LogP contribution in [0.5, 0.6) is 5.75 Å². The Kier molecular flexibility index (Phi) is 6.32. The lowest BCUT2D eigenvalue weighted by atomic mass is 9.54. The van der Waals surface area contributed by atoms with Gasteiger partial charge in [0, 0.05) is 24.1 Å². The van der Waals surface area contributed by atoms with Crippen LogP contribution in [-0.2, 0) is 27.3 Å². The number of Topliss-reactive ketones (excluding diaryl/α,β-unsaturated/α-hetero) is 2. The maximum Gasteiger partial charge on any atom is 0.256 e. The molecule has 0 saturated heterocycles. The number of hydrogen-bond donors (Lipinski definition) is 6. The van der Waals surface area contributed by atoms with E-state index in [1.807, 2.05) is 0 Å². The summed E-state index contributed by atoms with van der Waals surface area (Å²) in [4.78, 5) is 53.2. The maximum atomic E-state index is 13.8. The van der Waals surface area contributed by atoms with Gasteiger partial charge in [-0.25, -0.2) is 0 Å². The minimum absolute atomic E-state index is 0.000343. The van der Waals surface area contributed by atoms with E-state index >= 15 is 0 Å². The van der Waals surface area contributed by atoms with Crippen LogP contribution in [0.4, 0.5) is 0 Å². The van der Waals surface area contributed by atoms with Crippen molar-refractivity contribution < 1.29 is 44.1 Å². The van der Waals surface area contributed by atoms with Crippen molar-refractivity contribution in [2.45, 2.75) is 37.1 Å². The number of likely N-dealkylation sites (N-methyl/N-ethyl adjacent to an activating group) is 1. The number of hydrogen-bond acceptors (Lipinski definition) is 11. The molecule has 0 spiro atoms. The highest BCUT2D eigenvalue weighted by atomic mass is 16.5. The van der Waals surface area contributed by atoms with Crippen LogP contribution in [0.1, 0.15) is 33.5 Å². The molecule has 1 aromatic carbocycles. The van der Waals surface area contributed by atoms with E-state index in [2.05, 4.69) is 15.0 Å². The average Bonchev–Trinajstić information content (AvgIpc) is 3.40. The first-order valence-corrected chi connectivity index (χ1v) is 12.3. The fraction of sp³-hybridized carbons (Fsp3) is 0.423. The van der Waals surface area contributed by atoms with Gasteiger partial charge in [-0.1, -0.05) is 11.2 Å². The third-order valence-corrected chi connectivity index (χ3v) is 8.20. The summed E-state index contributed by atoms with van der Waals surface area (Å²) in [6.07, 6.45) is 0.997. The fourth-order valence-corrected chi connectivity index (χ4v) is 6.43. The van der Waals surface area contributed by atoms with Gasteiger partial charge in [0.1, 0.15) is 23.7 Å². The number of phenolic OH excluding ortho intramolecular Hbond substituents is 1. The van der Waals surface area contributed by atoms with Crippen LogP contribution in [0.3, 0.4) is 0 Å². The number of carbonyl (C=O) groups is 4. The molecule has 3 aliphatic carbocycles. The summed E-state index contributed by atoms with van der Waals surface area (Å²) in [6, 6.07) is 1.90. The van der Waals surface area contributed by atoms with E-state index in [9.17, 15) is 39.6 Å². The van der Waals surface area contributed by atoms with E-state index in [1.54, 1.807) is 20.2 Å². The summed E-state index contributed by atoms with van der Waals surface area (Å²) >= 11 is 0. The summed E-state index contributed by atoms with van der Waals surface area (Å²) in [5.41, 5.74) is 3.61. The zero-order chi connectivity index (χ0) is 28.4. The largest absolute Gasteiger partial charge is 0.507 e.